The van der Waals surface area contributed by atoms with Crippen molar-refractivity contribution in [2.24, 2.45) is 0 Å². The predicted molar refractivity (Wildman–Crippen MR) is 139 cm³/mol. The lowest BCUT2D eigenvalue weighted by Crippen LogP contribution is -2.35. The molecule has 35 heavy (non-hydrogen) atoms. The van der Waals surface area contributed by atoms with Crippen molar-refractivity contribution in [1.82, 2.24) is 4.90 Å². The van der Waals surface area contributed by atoms with Crippen LogP contribution in [-0.4, -0.2) is 71.8 Å². The number of carbonyl (C=O) groups is 2. The topological polar surface area (TPSA) is 108 Å². The second-order valence-electron chi connectivity index (χ2n) is 8.45. The van der Waals surface area contributed by atoms with Crippen molar-refractivity contribution in [3.63, 3.8) is 0 Å². The Kier molecular flexibility index (Phi) is 8.52. The fraction of sp³-hybridized carbons (Fsp3) is 0.360. The van der Waals surface area contributed by atoms with E-state index in [-0.39, 0.29) is 12.5 Å². The van der Waals surface area contributed by atoms with E-state index in [9.17, 15) is 18.0 Å². The molecule has 188 valence electrons. The number of likely N-dealkylation sites (N-methyl/N-ethyl adjacent to an activating group) is 1. The molecule has 1 heterocycles. The van der Waals surface area contributed by atoms with Gasteiger partial charge in [-0.1, -0.05) is 12.1 Å². The number of rotatable bonds is 11. The molecule has 10 heteroatoms. The number of fused-ring (bicyclic) bond motifs is 1. The van der Waals surface area contributed by atoms with Gasteiger partial charge in [0.25, 0.3) is 5.91 Å². The molecule has 0 saturated carbocycles. The number of esters is 1. The van der Waals surface area contributed by atoms with Crippen LogP contribution in [0.5, 0.6) is 0 Å². The number of hydrogen-bond acceptors (Lipinski definition) is 7. The minimum absolute atomic E-state index is 0.205. The molecule has 2 aromatic carbocycles. The van der Waals surface area contributed by atoms with Gasteiger partial charge in [0.1, 0.15) is 0 Å². The molecule has 1 aliphatic heterocycles. The molecule has 0 atom stereocenters. The quantitative estimate of drug-likeness (QED) is 0.277. The van der Waals surface area contributed by atoms with Crippen molar-refractivity contribution in [3.8, 4) is 0 Å². The van der Waals surface area contributed by atoms with Crippen molar-refractivity contribution in [1.29, 1.82) is 0 Å². The Bertz CT molecular complexity index is 1210. The molecule has 0 aromatic heterocycles. The smallest absolute Gasteiger partial charge is 0.338 e. The summed E-state index contributed by atoms with van der Waals surface area (Å²) in [6, 6.07) is 12.3. The van der Waals surface area contributed by atoms with Gasteiger partial charge < -0.3 is 20.3 Å². The van der Waals surface area contributed by atoms with Crippen LogP contribution in [0.1, 0.15) is 29.3 Å². The predicted octanol–water partition coefficient (Wildman–Crippen LogP) is 3.03. The van der Waals surface area contributed by atoms with Crippen molar-refractivity contribution in [2.75, 3.05) is 61.5 Å². The number of anilines is 3. The molecule has 0 aliphatic carbocycles. The number of hydrogen-bond donors (Lipinski definition) is 2. The first-order valence-electron chi connectivity index (χ1n) is 11.4. The number of carbonyl (C=O) groups excluding carboxylic acids is 2. The molecule has 0 unspecified atom stereocenters. The summed E-state index contributed by atoms with van der Waals surface area (Å²) in [5.74, 6) is -0.626. The molecule has 0 bridgehead atoms. The van der Waals surface area contributed by atoms with E-state index in [0.717, 1.165) is 11.3 Å². The van der Waals surface area contributed by atoms with Crippen LogP contribution in [-0.2, 0) is 19.6 Å². The Morgan fingerprint density at radius 2 is 1.83 bits per heavy atom. The SMILES string of the molecule is CCOC(=O)c1ccc2c(c1)NC(=O)/C2=C\CCNc1ccc(N(CCN(C)C)S(C)(=O)=O)cc1. The molecule has 0 radical (unpaired) electrons. The molecular weight excluding hydrogens is 468 g/mol. The Labute approximate surface area is 206 Å². The van der Waals surface area contributed by atoms with Gasteiger partial charge in [-0.2, -0.15) is 0 Å². The monoisotopic (exact) mass is 500 g/mol. The standard InChI is InChI=1S/C25H32N4O5S/c1-5-34-25(31)18-8-13-21-22(24(30)27-23(21)17-18)7-6-14-26-19-9-11-20(12-10-19)29(35(4,32)33)16-15-28(2)3/h7-13,17,26H,5-6,14-16H2,1-4H3,(H,27,30)/b22-7-. The third kappa shape index (κ3) is 6.83. The first-order valence-corrected chi connectivity index (χ1v) is 13.2. The second kappa shape index (κ2) is 11.4. The normalized spacial score (nSPS) is 14.1. The van der Waals surface area contributed by atoms with Gasteiger partial charge in [-0.05, 0) is 63.8 Å². The highest BCUT2D eigenvalue weighted by Crippen LogP contribution is 2.33. The second-order valence-corrected chi connectivity index (χ2v) is 10.4. The fourth-order valence-corrected chi connectivity index (χ4v) is 4.61. The zero-order valence-corrected chi connectivity index (χ0v) is 21.3. The van der Waals surface area contributed by atoms with Gasteiger partial charge in [-0.3, -0.25) is 9.10 Å². The van der Waals surface area contributed by atoms with Crippen molar-refractivity contribution in [2.45, 2.75) is 13.3 Å². The molecule has 3 rings (SSSR count). The fourth-order valence-electron chi connectivity index (χ4n) is 3.69. The van der Waals surface area contributed by atoms with Crippen molar-refractivity contribution in [3.05, 3.63) is 59.7 Å². The van der Waals surface area contributed by atoms with E-state index >= 15 is 0 Å². The minimum atomic E-state index is -3.38. The average molecular weight is 501 g/mol. The van der Waals surface area contributed by atoms with Gasteiger partial charge in [-0.25, -0.2) is 13.2 Å². The highest BCUT2D eigenvalue weighted by molar-refractivity contribution is 7.92. The average Bonchev–Trinajstić information content (AvgIpc) is 3.11. The van der Waals surface area contributed by atoms with E-state index in [0.29, 0.717) is 48.6 Å². The molecule has 1 aliphatic rings. The van der Waals surface area contributed by atoms with Crippen molar-refractivity contribution >= 4 is 44.5 Å². The van der Waals surface area contributed by atoms with Gasteiger partial charge >= 0.3 is 5.97 Å². The molecule has 2 N–H and O–H groups in total. The summed E-state index contributed by atoms with van der Waals surface area (Å²) in [6.45, 7) is 3.60. The van der Waals surface area contributed by atoms with E-state index in [4.69, 9.17) is 4.74 Å². The van der Waals surface area contributed by atoms with Gasteiger partial charge in [-0.15, -0.1) is 0 Å². The summed E-state index contributed by atoms with van der Waals surface area (Å²) in [4.78, 5) is 26.3. The van der Waals surface area contributed by atoms with E-state index < -0.39 is 16.0 Å². The summed E-state index contributed by atoms with van der Waals surface area (Å²) < 4.78 is 30.8. The summed E-state index contributed by atoms with van der Waals surface area (Å²) >= 11 is 0. The number of nitrogens with zero attached hydrogens (tertiary/aromatic N) is 2. The van der Waals surface area contributed by atoms with Gasteiger partial charge in [0.05, 0.1) is 24.1 Å². The largest absolute Gasteiger partial charge is 0.462 e. The molecule has 2 aromatic rings. The zero-order chi connectivity index (χ0) is 25.6. The number of sulfonamides is 1. The van der Waals surface area contributed by atoms with Gasteiger partial charge in [0.2, 0.25) is 10.0 Å². The third-order valence-electron chi connectivity index (χ3n) is 5.44. The third-order valence-corrected chi connectivity index (χ3v) is 6.64. The van der Waals surface area contributed by atoms with E-state index in [1.807, 2.05) is 37.2 Å². The summed E-state index contributed by atoms with van der Waals surface area (Å²) in [6.07, 6.45) is 3.67. The number of amides is 1. The van der Waals surface area contributed by atoms with Crippen LogP contribution in [0.25, 0.3) is 5.57 Å². The molecule has 0 fully saturated rings. The Hall–Kier alpha value is -3.37. The van der Waals surface area contributed by atoms with Crippen LogP contribution in [0.15, 0.2) is 48.5 Å². The number of nitrogens with one attached hydrogen (secondary N) is 2. The summed E-state index contributed by atoms with van der Waals surface area (Å²) in [5, 5.41) is 6.08. The Morgan fingerprint density at radius 1 is 1.11 bits per heavy atom. The zero-order valence-electron chi connectivity index (χ0n) is 20.5. The molecule has 1 amide bonds. The van der Waals surface area contributed by atoms with E-state index in [1.165, 1.54) is 10.6 Å². The molecule has 9 nitrogen and oxygen atoms in total. The number of ether oxygens (including phenoxy) is 1. The first-order chi connectivity index (χ1) is 16.6. The minimum Gasteiger partial charge on any atom is -0.462 e. The maximum atomic E-state index is 12.4. The summed E-state index contributed by atoms with van der Waals surface area (Å²) in [7, 11) is 0.418. The van der Waals surface area contributed by atoms with Gasteiger partial charge in [0, 0.05) is 42.1 Å². The number of benzene rings is 2. The lowest BCUT2D eigenvalue weighted by Gasteiger charge is -2.24. The Balaban J connectivity index is 1.60. The van der Waals surface area contributed by atoms with Crippen molar-refractivity contribution < 1.29 is 22.7 Å². The van der Waals surface area contributed by atoms with Crippen LogP contribution < -0.4 is 14.9 Å². The van der Waals surface area contributed by atoms with E-state index in [1.54, 1.807) is 37.3 Å². The molecular formula is C25H32N4O5S. The molecule has 0 spiro atoms. The lowest BCUT2D eigenvalue weighted by molar-refractivity contribution is -0.110. The van der Waals surface area contributed by atoms with Crippen LogP contribution in [0.3, 0.4) is 0 Å². The highest BCUT2D eigenvalue weighted by atomic mass is 32.2. The van der Waals surface area contributed by atoms with Crippen LogP contribution >= 0.6 is 0 Å². The Morgan fingerprint density at radius 3 is 2.46 bits per heavy atom. The van der Waals surface area contributed by atoms with Crippen LogP contribution in [0.2, 0.25) is 0 Å². The summed E-state index contributed by atoms with van der Waals surface area (Å²) in [5.41, 5.74) is 3.78. The highest BCUT2D eigenvalue weighted by Gasteiger charge is 2.25. The maximum Gasteiger partial charge on any atom is 0.338 e. The van der Waals surface area contributed by atoms with Crippen LogP contribution in [0, 0.1) is 0 Å². The van der Waals surface area contributed by atoms with E-state index in [2.05, 4.69) is 10.6 Å². The van der Waals surface area contributed by atoms with Gasteiger partial charge in [0.15, 0.2) is 0 Å². The first kappa shape index (κ1) is 26.2. The molecule has 0 saturated heterocycles. The van der Waals surface area contributed by atoms with Crippen LogP contribution in [0.4, 0.5) is 17.1 Å². The maximum absolute atomic E-state index is 12.4. The lowest BCUT2D eigenvalue weighted by atomic mass is 10.0.